The maximum Gasteiger partial charge on any atom is 0.240 e. The van der Waals surface area contributed by atoms with Gasteiger partial charge in [0.15, 0.2) is 5.17 Å². The van der Waals surface area contributed by atoms with Crippen LogP contribution in [-0.4, -0.2) is 28.3 Å². The third-order valence-electron chi connectivity index (χ3n) is 3.92. The second-order valence-corrected chi connectivity index (χ2v) is 7.30. The highest BCUT2D eigenvalue weighted by Crippen LogP contribution is 2.27. The van der Waals surface area contributed by atoms with Gasteiger partial charge in [0.25, 0.3) is 0 Å². The summed E-state index contributed by atoms with van der Waals surface area (Å²) in [5.74, 6) is -0.381. The zero-order valence-electron chi connectivity index (χ0n) is 12.5. The van der Waals surface area contributed by atoms with Gasteiger partial charge in [-0.2, -0.15) is 0 Å². The number of thioether (sulfide) groups is 1. The van der Waals surface area contributed by atoms with E-state index in [-0.39, 0.29) is 18.2 Å². The first kappa shape index (κ1) is 16.3. The van der Waals surface area contributed by atoms with Gasteiger partial charge in [-0.15, -0.1) is 0 Å². The van der Waals surface area contributed by atoms with Crippen molar-refractivity contribution in [3.8, 4) is 0 Å². The summed E-state index contributed by atoms with van der Waals surface area (Å²) in [6.45, 7) is 0. The molecule has 2 N–H and O–H groups in total. The van der Waals surface area contributed by atoms with Gasteiger partial charge in [-0.05, 0) is 25.0 Å². The van der Waals surface area contributed by atoms with Crippen LogP contribution in [0, 0.1) is 0 Å². The van der Waals surface area contributed by atoms with Crippen LogP contribution >= 0.6 is 23.4 Å². The Hall–Kier alpha value is -1.53. The van der Waals surface area contributed by atoms with E-state index >= 15 is 0 Å². The van der Waals surface area contributed by atoms with Crippen molar-refractivity contribution in [3.05, 3.63) is 29.3 Å². The Kier molecular flexibility index (Phi) is 5.23. The fourth-order valence-electron chi connectivity index (χ4n) is 2.73. The van der Waals surface area contributed by atoms with Gasteiger partial charge >= 0.3 is 0 Å². The van der Waals surface area contributed by atoms with Crippen molar-refractivity contribution in [3.63, 3.8) is 0 Å². The Balaban J connectivity index is 1.56. The quantitative estimate of drug-likeness (QED) is 0.875. The van der Waals surface area contributed by atoms with Crippen molar-refractivity contribution in [2.24, 2.45) is 4.99 Å². The molecule has 7 heteroatoms. The Labute approximate surface area is 144 Å². The number of hydrogen-bond donors (Lipinski definition) is 2. The van der Waals surface area contributed by atoms with Crippen LogP contribution in [0.1, 0.15) is 32.1 Å². The molecule has 1 aliphatic carbocycles. The van der Waals surface area contributed by atoms with Crippen LogP contribution in [0.4, 0.5) is 5.69 Å². The van der Waals surface area contributed by atoms with Crippen molar-refractivity contribution in [2.45, 2.75) is 43.4 Å². The number of nitrogens with one attached hydrogen (secondary N) is 2. The third kappa shape index (κ3) is 4.26. The molecule has 0 bridgehead atoms. The molecule has 0 spiro atoms. The van der Waals surface area contributed by atoms with Crippen LogP contribution < -0.4 is 10.6 Å². The van der Waals surface area contributed by atoms with Crippen LogP contribution in [0.15, 0.2) is 29.3 Å². The lowest BCUT2D eigenvalue weighted by atomic mass is 10.2. The summed E-state index contributed by atoms with van der Waals surface area (Å²) in [7, 11) is 0. The zero-order valence-corrected chi connectivity index (χ0v) is 14.1. The molecule has 1 unspecified atom stereocenters. The lowest BCUT2D eigenvalue weighted by Crippen LogP contribution is -2.28. The molecule has 1 heterocycles. The van der Waals surface area contributed by atoms with Crippen molar-refractivity contribution in [2.75, 3.05) is 5.32 Å². The minimum atomic E-state index is -0.433. The normalized spacial score (nSPS) is 23.3. The predicted octanol–water partition coefficient (Wildman–Crippen LogP) is 3.20. The van der Waals surface area contributed by atoms with Crippen molar-refractivity contribution < 1.29 is 9.59 Å². The van der Waals surface area contributed by atoms with E-state index in [0.29, 0.717) is 21.9 Å². The summed E-state index contributed by atoms with van der Waals surface area (Å²) < 4.78 is 0. The highest BCUT2D eigenvalue weighted by atomic mass is 35.5. The monoisotopic (exact) mass is 351 g/mol. The van der Waals surface area contributed by atoms with E-state index in [0.717, 1.165) is 12.8 Å². The molecule has 1 saturated heterocycles. The number of carbonyl (C=O) groups excluding carboxylic acids is 2. The summed E-state index contributed by atoms with van der Waals surface area (Å²) in [6, 6.07) is 7.35. The Morgan fingerprint density at radius 2 is 2.09 bits per heavy atom. The highest BCUT2D eigenvalue weighted by Gasteiger charge is 2.32. The van der Waals surface area contributed by atoms with Crippen LogP contribution in [0.3, 0.4) is 0 Å². The van der Waals surface area contributed by atoms with Crippen molar-refractivity contribution in [1.29, 1.82) is 0 Å². The van der Waals surface area contributed by atoms with Gasteiger partial charge in [0.05, 0.1) is 16.8 Å². The third-order valence-corrected chi connectivity index (χ3v) is 5.35. The minimum absolute atomic E-state index is 0.103. The fourth-order valence-corrected chi connectivity index (χ4v) is 3.95. The Morgan fingerprint density at radius 3 is 2.83 bits per heavy atom. The molecule has 2 aliphatic rings. The van der Waals surface area contributed by atoms with Crippen molar-refractivity contribution in [1.82, 2.24) is 5.32 Å². The maximum atomic E-state index is 12.1. The van der Waals surface area contributed by atoms with E-state index in [2.05, 4.69) is 15.6 Å². The molecule has 1 aromatic carbocycles. The number of aliphatic imine (C=N–C) groups is 1. The molecule has 3 rings (SSSR count). The lowest BCUT2D eigenvalue weighted by Gasteiger charge is -2.08. The van der Waals surface area contributed by atoms with Gasteiger partial charge in [-0.3, -0.25) is 14.6 Å². The van der Waals surface area contributed by atoms with E-state index in [1.807, 2.05) is 0 Å². The number of para-hydroxylation sites is 1. The molecule has 5 nitrogen and oxygen atoms in total. The average molecular weight is 352 g/mol. The molecule has 0 radical (unpaired) electrons. The first-order chi connectivity index (χ1) is 11.1. The van der Waals surface area contributed by atoms with Crippen LogP contribution in [0.25, 0.3) is 0 Å². The predicted molar refractivity (Wildman–Crippen MR) is 93.9 cm³/mol. The Morgan fingerprint density at radius 1 is 1.35 bits per heavy atom. The SMILES string of the molecule is O=C(CC1SC(=NC2CCCC2)NC1=O)Nc1ccccc1Cl. The van der Waals surface area contributed by atoms with Crippen molar-refractivity contribution >= 4 is 46.0 Å². The molecule has 1 saturated carbocycles. The first-order valence-electron chi connectivity index (χ1n) is 7.71. The van der Waals surface area contributed by atoms with Crippen LogP contribution in [-0.2, 0) is 9.59 Å². The summed E-state index contributed by atoms with van der Waals surface area (Å²) in [5.41, 5.74) is 0.558. The molecule has 2 fully saturated rings. The summed E-state index contributed by atoms with van der Waals surface area (Å²) in [5, 5.41) is 6.22. The first-order valence-corrected chi connectivity index (χ1v) is 8.97. The van der Waals surface area contributed by atoms with E-state index in [1.54, 1.807) is 24.3 Å². The summed E-state index contributed by atoms with van der Waals surface area (Å²) >= 11 is 7.36. The molecule has 2 amide bonds. The number of halogens is 1. The largest absolute Gasteiger partial charge is 0.325 e. The molecule has 1 aliphatic heterocycles. The van der Waals surface area contributed by atoms with Crippen LogP contribution in [0.5, 0.6) is 0 Å². The van der Waals surface area contributed by atoms with E-state index < -0.39 is 5.25 Å². The average Bonchev–Trinajstić information content (AvgIpc) is 3.12. The number of anilines is 1. The second kappa shape index (κ2) is 7.36. The van der Waals surface area contributed by atoms with Gasteiger partial charge in [-0.1, -0.05) is 48.3 Å². The Bertz CT molecular complexity index is 644. The number of amidine groups is 1. The number of benzene rings is 1. The van der Waals surface area contributed by atoms with Crippen LogP contribution in [0.2, 0.25) is 5.02 Å². The number of nitrogens with zero attached hydrogens (tertiary/aromatic N) is 1. The summed E-state index contributed by atoms with van der Waals surface area (Å²) in [4.78, 5) is 28.7. The van der Waals surface area contributed by atoms with E-state index in [4.69, 9.17) is 11.6 Å². The van der Waals surface area contributed by atoms with E-state index in [9.17, 15) is 9.59 Å². The fraction of sp³-hybridized carbons (Fsp3) is 0.438. The smallest absolute Gasteiger partial charge is 0.240 e. The molecule has 0 aromatic heterocycles. The molecule has 1 atom stereocenters. The molecule has 1 aromatic rings. The van der Waals surface area contributed by atoms with Gasteiger partial charge in [0.2, 0.25) is 11.8 Å². The molecule has 122 valence electrons. The summed E-state index contributed by atoms with van der Waals surface area (Å²) in [6.07, 6.45) is 4.66. The minimum Gasteiger partial charge on any atom is -0.325 e. The van der Waals surface area contributed by atoms with Gasteiger partial charge in [0.1, 0.15) is 5.25 Å². The zero-order chi connectivity index (χ0) is 16.2. The van der Waals surface area contributed by atoms with Gasteiger partial charge in [-0.25, -0.2) is 0 Å². The molecular weight excluding hydrogens is 334 g/mol. The standard InChI is InChI=1S/C16H18ClN3O2S/c17-11-7-3-4-8-12(11)19-14(21)9-13-15(22)20-16(23-13)18-10-5-1-2-6-10/h3-4,7-8,10,13H,1-2,5-6,9H2,(H,19,21)(H,18,20,22). The van der Waals surface area contributed by atoms with Gasteiger partial charge < -0.3 is 10.6 Å². The van der Waals surface area contributed by atoms with E-state index in [1.165, 1.54) is 24.6 Å². The molecule has 23 heavy (non-hydrogen) atoms. The number of hydrogen-bond acceptors (Lipinski definition) is 4. The number of rotatable bonds is 4. The molecular formula is C16H18ClN3O2S. The lowest BCUT2D eigenvalue weighted by molar-refractivity contribution is -0.122. The number of amides is 2. The topological polar surface area (TPSA) is 70.6 Å². The maximum absolute atomic E-state index is 12.1. The highest BCUT2D eigenvalue weighted by molar-refractivity contribution is 8.15. The van der Waals surface area contributed by atoms with Gasteiger partial charge in [0, 0.05) is 6.42 Å². The second-order valence-electron chi connectivity index (χ2n) is 5.70. The number of carbonyl (C=O) groups is 2.